The van der Waals surface area contributed by atoms with Gasteiger partial charge in [-0.2, -0.15) is 4.37 Å². The van der Waals surface area contributed by atoms with Crippen LogP contribution in [0, 0.1) is 5.82 Å². The summed E-state index contributed by atoms with van der Waals surface area (Å²) in [5.41, 5.74) is 12.6. The number of pyridine rings is 1. The highest BCUT2D eigenvalue weighted by atomic mass is 32.1. The van der Waals surface area contributed by atoms with Crippen LogP contribution in [0.4, 0.5) is 10.1 Å². The minimum absolute atomic E-state index is 0.0258. The number of nitrogens with two attached hydrogens (primary N) is 2. The maximum Gasteiger partial charge on any atom is 0.270 e. The van der Waals surface area contributed by atoms with Crippen molar-refractivity contribution in [2.24, 2.45) is 5.73 Å². The number of aromatic nitrogens is 2. The van der Waals surface area contributed by atoms with E-state index in [1.165, 1.54) is 53.4 Å². The third-order valence-corrected chi connectivity index (χ3v) is 6.49. The molecule has 10 nitrogen and oxygen atoms in total. The summed E-state index contributed by atoms with van der Waals surface area (Å²) in [5.74, 6) is -2.53. The number of phenolic OH excluding ortho intramolecular Hbond substituents is 1. The number of nitrogens with zero attached hydrogens (tertiary/aromatic N) is 3. The molecule has 0 aliphatic heterocycles. The van der Waals surface area contributed by atoms with Crippen LogP contribution < -0.4 is 16.8 Å². The molecule has 0 radical (unpaired) electrons. The number of primary amides is 1. The molecule has 12 heteroatoms. The Labute approximate surface area is 220 Å². The van der Waals surface area contributed by atoms with Crippen molar-refractivity contribution in [3.05, 3.63) is 106 Å². The Morgan fingerprint density at radius 1 is 1.05 bits per heavy atom. The second kappa shape index (κ2) is 11.5. The zero-order valence-corrected chi connectivity index (χ0v) is 20.7. The zero-order valence-electron chi connectivity index (χ0n) is 19.9. The van der Waals surface area contributed by atoms with Gasteiger partial charge in [-0.1, -0.05) is 30.3 Å². The normalized spacial score (nSPS) is 11.5. The van der Waals surface area contributed by atoms with Crippen molar-refractivity contribution in [1.82, 2.24) is 19.6 Å². The van der Waals surface area contributed by atoms with Crippen LogP contribution in [-0.2, 0) is 17.9 Å². The van der Waals surface area contributed by atoms with Gasteiger partial charge >= 0.3 is 0 Å². The van der Waals surface area contributed by atoms with Crippen LogP contribution in [0.5, 0.6) is 5.75 Å². The standard InChI is InChI=1S/C26H23FN6O4S/c27-18-7-3-15(4-8-18)13-31-25(36)22(17-5-9-19(34)10-6-17)33(14-16-2-1-11-30-12-16)26(37)23-20(28)21(24(29)35)32-38-23/h1-12,22,34H,13-14,28H2,(H2,29,35)(H,31,36)/t22-/m1/s1. The molecule has 2 heterocycles. The van der Waals surface area contributed by atoms with Gasteiger partial charge in [0.1, 0.15) is 22.5 Å². The van der Waals surface area contributed by atoms with Crippen LogP contribution in [-0.4, -0.2) is 37.1 Å². The molecule has 1 atom stereocenters. The van der Waals surface area contributed by atoms with Crippen LogP contribution in [0.25, 0.3) is 0 Å². The minimum Gasteiger partial charge on any atom is -0.508 e. The summed E-state index contributed by atoms with van der Waals surface area (Å²) in [7, 11) is 0. The topological polar surface area (TPSA) is 165 Å². The molecule has 4 aromatic rings. The summed E-state index contributed by atoms with van der Waals surface area (Å²) in [4.78, 5) is 44.5. The van der Waals surface area contributed by atoms with Gasteiger partial charge in [0.05, 0.1) is 5.69 Å². The number of hydrogen-bond acceptors (Lipinski definition) is 8. The molecule has 6 N–H and O–H groups in total. The summed E-state index contributed by atoms with van der Waals surface area (Å²) in [6, 6.07) is 13.7. The molecule has 2 aromatic heterocycles. The molecular formula is C26H23FN6O4S. The minimum atomic E-state index is -1.19. The Kier molecular flexibility index (Phi) is 7.92. The Bertz CT molecular complexity index is 1450. The summed E-state index contributed by atoms with van der Waals surface area (Å²) >= 11 is 0.700. The first-order valence-corrected chi connectivity index (χ1v) is 12.1. The molecule has 0 fully saturated rings. The molecule has 3 amide bonds. The molecule has 0 unspecified atom stereocenters. The molecule has 0 aliphatic carbocycles. The number of amides is 3. The summed E-state index contributed by atoms with van der Waals surface area (Å²) in [5, 5.41) is 12.6. The van der Waals surface area contributed by atoms with E-state index in [1.54, 1.807) is 24.5 Å². The first-order chi connectivity index (χ1) is 18.2. The van der Waals surface area contributed by atoms with Crippen LogP contribution in [0.2, 0.25) is 0 Å². The first kappa shape index (κ1) is 26.2. The largest absolute Gasteiger partial charge is 0.508 e. The predicted molar refractivity (Wildman–Crippen MR) is 138 cm³/mol. The van der Waals surface area contributed by atoms with Crippen LogP contribution in [0.1, 0.15) is 42.9 Å². The number of anilines is 1. The van der Waals surface area contributed by atoms with Crippen LogP contribution in [0.3, 0.4) is 0 Å². The van der Waals surface area contributed by atoms with Crippen molar-refractivity contribution in [3.8, 4) is 5.75 Å². The third-order valence-electron chi connectivity index (χ3n) is 5.64. The first-order valence-electron chi connectivity index (χ1n) is 11.3. The van der Waals surface area contributed by atoms with Crippen molar-refractivity contribution in [2.45, 2.75) is 19.1 Å². The van der Waals surface area contributed by atoms with Gasteiger partial charge < -0.3 is 26.8 Å². The van der Waals surface area contributed by atoms with Gasteiger partial charge in [0.15, 0.2) is 5.69 Å². The number of phenols is 1. The number of nitrogen functional groups attached to an aromatic ring is 1. The van der Waals surface area contributed by atoms with Crippen molar-refractivity contribution >= 4 is 34.9 Å². The molecule has 4 rings (SSSR count). The van der Waals surface area contributed by atoms with E-state index < -0.39 is 29.6 Å². The molecule has 0 saturated carbocycles. The van der Waals surface area contributed by atoms with E-state index in [0.717, 1.165) is 0 Å². The maximum absolute atomic E-state index is 13.9. The molecule has 0 saturated heterocycles. The van der Waals surface area contributed by atoms with Crippen molar-refractivity contribution in [3.63, 3.8) is 0 Å². The second-order valence-electron chi connectivity index (χ2n) is 8.27. The van der Waals surface area contributed by atoms with Gasteiger partial charge in [0, 0.05) is 25.5 Å². The zero-order chi connectivity index (χ0) is 27.2. The molecule has 194 valence electrons. The lowest BCUT2D eigenvalue weighted by Gasteiger charge is -2.31. The second-order valence-corrected chi connectivity index (χ2v) is 9.04. The fraction of sp³-hybridized carbons (Fsp3) is 0.115. The van der Waals surface area contributed by atoms with E-state index in [-0.39, 0.29) is 35.1 Å². The number of aromatic hydroxyl groups is 1. The summed E-state index contributed by atoms with van der Waals surface area (Å²) in [6.07, 6.45) is 3.12. The number of benzene rings is 2. The van der Waals surface area contributed by atoms with Gasteiger partial charge in [-0.3, -0.25) is 19.4 Å². The van der Waals surface area contributed by atoms with E-state index >= 15 is 0 Å². The highest BCUT2D eigenvalue weighted by Crippen LogP contribution is 2.31. The molecule has 0 spiro atoms. The number of halogens is 1. The quantitative estimate of drug-likeness (QED) is 0.256. The van der Waals surface area contributed by atoms with E-state index in [4.69, 9.17) is 11.5 Å². The molecular weight excluding hydrogens is 511 g/mol. The fourth-order valence-electron chi connectivity index (χ4n) is 3.75. The fourth-order valence-corrected chi connectivity index (χ4v) is 4.51. The van der Waals surface area contributed by atoms with Gasteiger partial charge in [0.2, 0.25) is 5.91 Å². The monoisotopic (exact) mass is 534 g/mol. The average molecular weight is 535 g/mol. The highest BCUT2D eigenvalue weighted by molar-refractivity contribution is 7.09. The third kappa shape index (κ3) is 5.93. The van der Waals surface area contributed by atoms with E-state index in [9.17, 15) is 23.9 Å². The SMILES string of the molecule is NC(=O)c1nsc(C(=O)N(Cc2cccnc2)[C@@H](C(=O)NCc2ccc(F)cc2)c2ccc(O)cc2)c1N. The molecule has 0 aliphatic rings. The van der Waals surface area contributed by atoms with Gasteiger partial charge in [0.25, 0.3) is 11.8 Å². The number of carbonyl (C=O) groups excluding carboxylic acids is 3. The highest BCUT2D eigenvalue weighted by Gasteiger charge is 2.35. The van der Waals surface area contributed by atoms with Gasteiger partial charge in [-0.15, -0.1) is 0 Å². The Hall–Kier alpha value is -4.84. The van der Waals surface area contributed by atoms with E-state index in [1.807, 2.05) is 0 Å². The predicted octanol–water partition coefficient (Wildman–Crippen LogP) is 2.76. The van der Waals surface area contributed by atoms with Gasteiger partial charge in [-0.05, 0) is 58.6 Å². The van der Waals surface area contributed by atoms with Crippen LogP contribution in [0.15, 0.2) is 73.1 Å². The lowest BCUT2D eigenvalue weighted by Crippen LogP contribution is -2.43. The molecule has 2 aromatic carbocycles. The lowest BCUT2D eigenvalue weighted by molar-refractivity contribution is -0.126. The maximum atomic E-state index is 13.9. The summed E-state index contributed by atoms with van der Waals surface area (Å²) < 4.78 is 17.2. The van der Waals surface area contributed by atoms with Crippen LogP contribution >= 0.6 is 11.5 Å². The Morgan fingerprint density at radius 2 is 1.76 bits per heavy atom. The molecule has 38 heavy (non-hydrogen) atoms. The van der Waals surface area contributed by atoms with Crippen molar-refractivity contribution in [1.29, 1.82) is 0 Å². The van der Waals surface area contributed by atoms with Gasteiger partial charge in [-0.25, -0.2) is 4.39 Å². The number of nitrogens with one attached hydrogen (secondary N) is 1. The number of carbonyl (C=O) groups is 3. The Morgan fingerprint density at radius 3 is 2.37 bits per heavy atom. The smallest absolute Gasteiger partial charge is 0.270 e. The van der Waals surface area contributed by atoms with Crippen molar-refractivity contribution in [2.75, 3.05) is 5.73 Å². The van der Waals surface area contributed by atoms with Crippen molar-refractivity contribution < 1.29 is 23.9 Å². The number of hydrogen-bond donors (Lipinski definition) is 4. The van der Waals surface area contributed by atoms with E-state index in [0.29, 0.717) is 28.2 Å². The number of rotatable bonds is 9. The summed E-state index contributed by atoms with van der Waals surface area (Å²) in [6.45, 7) is 0.0164. The average Bonchev–Trinajstić information content (AvgIpc) is 3.30. The van der Waals surface area contributed by atoms with E-state index in [2.05, 4.69) is 14.7 Å². The molecule has 0 bridgehead atoms. The lowest BCUT2D eigenvalue weighted by atomic mass is 10.0. The Balaban J connectivity index is 1.75.